The Morgan fingerprint density at radius 2 is 1.70 bits per heavy atom. The summed E-state index contributed by atoms with van der Waals surface area (Å²) in [6.45, 7) is -0.401. The van der Waals surface area contributed by atoms with Crippen molar-refractivity contribution in [2.45, 2.75) is 11.3 Å². The molecule has 0 bridgehead atoms. The van der Waals surface area contributed by atoms with E-state index in [-0.39, 0.29) is 27.9 Å². The third-order valence-corrected chi connectivity index (χ3v) is 6.29. The Labute approximate surface area is 153 Å². The molecule has 27 heavy (non-hydrogen) atoms. The van der Waals surface area contributed by atoms with E-state index in [2.05, 4.69) is 9.51 Å². The molecule has 0 saturated heterocycles. The second kappa shape index (κ2) is 7.06. The normalized spacial score (nSPS) is 12.7. The Hall–Kier alpha value is -2.23. The number of nitrogens with two attached hydrogens (primary N) is 1. The molecule has 9 nitrogen and oxygen atoms in total. The Kier molecular flexibility index (Phi) is 5.11. The molecule has 0 aliphatic carbocycles. The first-order valence-corrected chi connectivity index (χ1v) is 11.0. The van der Waals surface area contributed by atoms with Gasteiger partial charge in [-0.05, 0) is 42.8 Å². The number of rotatable bonds is 6. The lowest BCUT2D eigenvalue weighted by Gasteiger charge is -2.08. The monoisotopic (exact) mass is 412 g/mol. The number of aromatic amines is 1. The van der Waals surface area contributed by atoms with E-state index in [4.69, 9.17) is 15.5 Å². The van der Waals surface area contributed by atoms with Gasteiger partial charge >= 0.3 is 7.82 Å². The number of benzene rings is 2. The fourth-order valence-corrected chi connectivity index (χ4v) is 4.39. The van der Waals surface area contributed by atoms with E-state index in [1.807, 2.05) is 0 Å². The van der Waals surface area contributed by atoms with Gasteiger partial charge in [0, 0.05) is 27.5 Å². The third kappa shape index (κ3) is 4.37. The minimum atomic E-state index is -4.64. The van der Waals surface area contributed by atoms with E-state index in [1.165, 1.54) is 24.3 Å². The summed E-state index contributed by atoms with van der Waals surface area (Å²) in [5.74, 6) is -0.378. The molecule has 1 heterocycles. The van der Waals surface area contributed by atoms with Crippen LogP contribution >= 0.6 is 7.82 Å². The summed E-state index contributed by atoms with van der Waals surface area (Å²) in [5, 5.41) is 0.563. The molecule has 0 aliphatic rings. The molecule has 0 unspecified atom stereocenters. The van der Waals surface area contributed by atoms with E-state index in [1.54, 1.807) is 12.1 Å². The van der Waals surface area contributed by atoms with Gasteiger partial charge in [0.1, 0.15) is 0 Å². The highest BCUT2D eigenvalue weighted by Gasteiger charge is 2.18. The number of hydrogen-bond acceptors (Lipinski definition) is 6. The molecule has 11 heteroatoms. The second-order valence-electron chi connectivity index (χ2n) is 5.96. The molecule has 5 N–H and O–H groups in total. The fraction of sp³-hybridized carbons (Fsp3) is 0.188. The first-order valence-electron chi connectivity index (χ1n) is 7.85. The van der Waals surface area contributed by atoms with Crippen molar-refractivity contribution < 1.29 is 27.3 Å². The molecule has 0 fully saturated rings. The number of aromatic nitrogens is 1. The van der Waals surface area contributed by atoms with E-state index < -0.39 is 24.3 Å². The minimum Gasteiger partial charge on any atom is -0.399 e. The van der Waals surface area contributed by atoms with Gasteiger partial charge in [0.2, 0.25) is 0 Å². The summed E-state index contributed by atoms with van der Waals surface area (Å²) in [4.78, 5) is 32.9. The molecule has 1 aromatic heterocycles. The van der Waals surface area contributed by atoms with Crippen LogP contribution in [-0.4, -0.2) is 35.5 Å². The van der Waals surface area contributed by atoms with Crippen LogP contribution in [0.15, 0.2) is 46.1 Å². The molecule has 2 aromatic carbocycles. The van der Waals surface area contributed by atoms with Crippen LogP contribution in [0.1, 0.15) is 6.42 Å². The van der Waals surface area contributed by atoms with Gasteiger partial charge in [-0.3, -0.25) is 9.32 Å². The number of fused-ring (bicyclic) bond motifs is 2. The zero-order valence-corrected chi connectivity index (χ0v) is 15.7. The standard InChI is InChI=1S/C16H17N2O7PS/c17-10-2-4-14-12(8-10)16(19)13-9-11(3-5-15(13)18-14)27(23,24)7-1-6-25-26(20,21)22/h2-5,8-9H,1,6-7,17H2,(H,18,19)(H2,20,21,22). The summed E-state index contributed by atoms with van der Waals surface area (Å²) in [6.07, 6.45) is -0.101. The molecule has 144 valence electrons. The van der Waals surface area contributed by atoms with Crippen molar-refractivity contribution in [3.8, 4) is 0 Å². The van der Waals surface area contributed by atoms with Gasteiger partial charge in [0.15, 0.2) is 15.3 Å². The second-order valence-corrected chi connectivity index (χ2v) is 9.31. The maximum Gasteiger partial charge on any atom is 0.469 e. The molecule has 3 rings (SSSR count). The maximum atomic E-state index is 12.7. The van der Waals surface area contributed by atoms with Gasteiger partial charge in [0.25, 0.3) is 0 Å². The number of H-pyrrole nitrogens is 1. The van der Waals surface area contributed by atoms with E-state index in [0.29, 0.717) is 22.1 Å². The molecule has 0 aliphatic heterocycles. The quantitative estimate of drug-likeness (QED) is 0.205. The van der Waals surface area contributed by atoms with Crippen molar-refractivity contribution >= 4 is 45.2 Å². The van der Waals surface area contributed by atoms with Gasteiger partial charge < -0.3 is 20.5 Å². The van der Waals surface area contributed by atoms with E-state index in [9.17, 15) is 17.8 Å². The summed E-state index contributed by atoms with van der Waals surface area (Å²) >= 11 is 0. The van der Waals surface area contributed by atoms with E-state index >= 15 is 0 Å². The molecule has 0 amide bonds. The molecule has 0 saturated carbocycles. The molecule has 0 atom stereocenters. The van der Waals surface area contributed by atoms with Crippen molar-refractivity contribution in [2.24, 2.45) is 0 Å². The van der Waals surface area contributed by atoms with E-state index in [0.717, 1.165) is 0 Å². The number of nitrogens with one attached hydrogen (secondary N) is 1. The van der Waals surface area contributed by atoms with Crippen LogP contribution in [0.5, 0.6) is 0 Å². The van der Waals surface area contributed by atoms with Crippen LogP contribution in [0.4, 0.5) is 5.69 Å². The summed E-state index contributed by atoms with van der Waals surface area (Å²) < 4.78 is 39.8. The zero-order valence-electron chi connectivity index (χ0n) is 14.0. The Bertz CT molecular complexity index is 1230. The highest BCUT2D eigenvalue weighted by molar-refractivity contribution is 7.91. The first-order chi connectivity index (χ1) is 12.6. The van der Waals surface area contributed by atoms with Crippen molar-refractivity contribution in [2.75, 3.05) is 18.1 Å². The van der Waals surface area contributed by atoms with Gasteiger partial charge in [0.05, 0.1) is 17.3 Å². The average molecular weight is 412 g/mol. The van der Waals surface area contributed by atoms with Crippen LogP contribution in [0, 0.1) is 0 Å². The van der Waals surface area contributed by atoms with Crippen LogP contribution in [0.25, 0.3) is 21.8 Å². The molecule has 0 radical (unpaired) electrons. The summed E-state index contributed by atoms with van der Waals surface area (Å²) in [7, 11) is -8.39. The van der Waals surface area contributed by atoms with Gasteiger partial charge in [-0.1, -0.05) is 0 Å². The van der Waals surface area contributed by atoms with Crippen LogP contribution < -0.4 is 11.2 Å². The zero-order chi connectivity index (χ0) is 19.8. The van der Waals surface area contributed by atoms with Crippen molar-refractivity contribution in [1.82, 2.24) is 4.98 Å². The minimum absolute atomic E-state index is 0.0556. The largest absolute Gasteiger partial charge is 0.469 e. The number of phosphoric ester groups is 1. The topological polar surface area (TPSA) is 160 Å². The Morgan fingerprint density at radius 1 is 1.07 bits per heavy atom. The smallest absolute Gasteiger partial charge is 0.399 e. The van der Waals surface area contributed by atoms with Gasteiger partial charge in [-0.2, -0.15) is 0 Å². The fourth-order valence-electron chi connectivity index (χ4n) is 2.71. The average Bonchev–Trinajstić information content (AvgIpc) is 2.58. The molecule has 3 aromatic rings. The third-order valence-electron chi connectivity index (χ3n) is 3.97. The number of sulfone groups is 1. The van der Waals surface area contributed by atoms with Crippen LogP contribution in [0.3, 0.4) is 0 Å². The number of hydrogen-bond donors (Lipinski definition) is 4. The summed E-state index contributed by atoms with van der Waals surface area (Å²) in [6, 6.07) is 9.02. The lowest BCUT2D eigenvalue weighted by Crippen LogP contribution is -2.11. The SMILES string of the molecule is Nc1ccc2[nH]c3ccc(S(=O)(=O)CCCOP(=O)(O)O)cc3c(=O)c2c1. The first kappa shape index (κ1) is 19.5. The maximum absolute atomic E-state index is 12.7. The Morgan fingerprint density at radius 3 is 2.37 bits per heavy atom. The highest BCUT2D eigenvalue weighted by Crippen LogP contribution is 2.35. The van der Waals surface area contributed by atoms with Gasteiger partial charge in [-0.15, -0.1) is 0 Å². The predicted octanol–water partition coefficient (Wildman–Crippen LogP) is 1.54. The number of anilines is 1. The number of nitrogen functional groups attached to an aromatic ring is 1. The van der Waals surface area contributed by atoms with Crippen molar-refractivity contribution in [3.05, 3.63) is 46.6 Å². The van der Waals surface area contributed by atoms with Crippen molar-refractivity contribution in [1.29, 1.82) is 0 Å². The lowest BCUT2D eigenvalue weighted by atomic mass is 10.1. The highest BCUT2D eigenvalue weighted by atomic mass is 32.2. The molecule has 0 spiro atoms. The van der Waals surface area contributed by atoms with Crippen molar-refractivity contribution in [3.63, 3.8) is 0 Å². The predicted molar refractivity (Wildman–Crippen MR) is 101 cm³/mol. The lowest BCUT2D eigenvalue weighted by molar-refractivity contribution is 0.197. The van der Waals surface area contributed by atoms with Crippen LogP contribution in [-0.2, 0) is 18.9 Å². The molecular formula is C16H17N2O7PS. The molecular weight excluding hydrogens is 395 g/mol. The van der Waals surface area contributed by atoms with Gasteiger partial charge in [-0.25, -0.2) is 13.0 Å². The number of pyridine rings is 1. The Balaban J connectivity index is 1.95. The number of phosphoric acid groups is 1. The van der Waals surface area contributed by atoms with Crippen LogP contribution in [0.2, 0.25) is 0 Å². The summed E-state index contributed by atoms with van der Waals surface area (Å²) in [5.41, 5.74) is 6.87.